The van der Waals surface area contributed by atoms with E-state index in [1.54, 1.807) is 0 Å². The van der Waals surface area contributed by atoms with Crippen LogP contribution in [-0.2, 0) is 20.1 Å². The number of nitrogens with zero attached hydrogens (tertiary/aromatic N) is 2. The normalized spacial score (nSPS) is 29.7. The van der Waals surface area contributed by atoms with Gasteiger partial charge in [-0.25, -0.2) is 4.79 Å². The monoisotopic (exact) mass is 622 g/mol. The van der Waals surface area contributed by atoms with E-state index in [1.807, 2.05) is 73.0 Å². The van der Waals surface area contributed by atoms with Gasteiger partial charge < -0.3 is 4.74 Å². The Morgan fingerprint density at radius 2 is 1.80 bits per heavy atom. The molecule has 216 valence electrons. The van der Waals surface area contributed by atoms with Crippen LogP contribution in [0, 0.1) is 11.8 Å². The minimum absolute atomic E-state index is 0.0231. The van der Waals surface area contributed by atoms with E-state index in [0.29, 0.717) is 37.4 Å². The Bertz CT molecular complexity index is 1510. The molecular formula is C32H38AsFN3O4+. The van der Waals surface area contributed by atoms with E-state index in [1.165, 1.54) is 16.9 Å². The Labute approximate surface area is 248 Å². The zero-order valence-corrected chi connectivity index (χ0v) is 26.0. The number of halogens is 1. The summed E-state index contributed by atoms with van der Waals surface area (Å²) in [5.74, 6) is -0.985. The SMILES string of the molecule is CC1(C)OC(=O)c2cc3cc([N+]4(C(=O)[C@H]5CC[C@H]([C@H]([AsH2])CF)CC5)CC[C@H](c5ccccc5)[C@H]4C(N)=O)ccc3n21. The van der Waals surface area contributed by atoms with Gasteiger partial charge in [0.15, 0.2) is 5.72 Å². The number of benzene rings is 2. The number of rotatable bonds is 6. The summed E-state index contributed by atoms with van der Waals surface area (Å²) in [6, 6.07) is 16.7. The first-order valence-electron chi connectivity index (χ1n) is 14.6. The first-order valence-corrected chi connectivity index (χ1v) is 16.0. The maximum atomic E-state index is 14.8. The number of nitrogens with two attached hydrogens (primary N) is 1. The first-order chi connectivity index (χ1) is 19.6. The third kappa shape index (κ3) is 4.45. The summed E-state index contributed by atoms with van der Waals surface area (Å²) in [6.07, 6.45) is 3.65. The minimum atomic E-state index is -0.823. The molecule has 2 fully saturated rings. The van der Waals surface area contributed by atoms with Crippen LogP contribution in [0.25, 0.3) is 10.9 Å². The number of fused-ring (bicyclic) bond motifs is 3. The van der Waals surface area contributed by atoms with Crippen molar-refractivity contribution in [3.63, 3.8) is 0 Å². The van der Waals surface area contributed by atoms with Crippen LogP contribution < -0.4 is 10.2 Å². The van der Waals surface area contributed by atoms with Gasteiger partial charge in [-0.3, -0.25) is 0 Å². The second-order valence-corrected chi connectivity index (χ2v) is 14.3. The number of esters is 1. The number of likely N-dealkylation sites (tertiary alicyclic amines) is 1. The number of carbonyl (C=O) groups is 3. The summed E-state index contributed by atoms with van der Waals surface area (Å²) >= 11 is 1.43. The van der Waals surface area contributed by atoms with Crippen LogP contribution in [0.2, 0.25) is 4.71 Å². The van der Waals surface area contributed by atoms with Gasteiger partial charge in [-0.1, -0.05) is 6.07 Å². The van der Waals surface area contributed by atoms with Crippen molar-refractivity contribution in [2.75, 3.05) is 13.2 Å². The van der Waals surface area contributed by atoms with E-state index in [4.69, 9.17) is 10.5 Å². The number of quaternary nitrogens is 1. The second kappa shape index (κ2) is 10.4. The van der Waals surface area contributed by atoms with Gasteiger partial charge in [0.1, 0.15) is 0 Å². The number of hydrogen-bond acceptors (Lipinski definition) is 4. The molecule has 41 heavy (non-hydrogen) atoms. The predicted molar refractivity (Wildman–Crippen MR) is 159 cm³/mol. The summed E-state index contributed by atoms with van der Waals surface area (Å²) in [7, 11) is 0. The van der Waals surface area contributed by atoms with Crippen molar-refractivity contribution in [3.8, 4) is 0 Å². The van der Waals surface area contributed by atoms with Crippen LogP contribution in [0.5, 0.6) is 0 Å². The molecule has 5 atom stereocenters. The van der Waals surface area contributed by atoms with E-state index < -0.39 is 17.7 Å². The van der Waals surface area contributed by atoms with Gasteiger partial charge in [-0.2, -0.15) is 0 Å². The Balaban J connectivity index is 1.47. The van der Waals surface area contributed by atoms with Crippen molar-refractivity contribution >= 4 is 51.2 Å². The van der Waals surface area contributed by atoms with Crippen LogP contribution in [0.4, 0.5) is 10.1 Å². The Kier molecular flexibility index (Phi) is 7.14. The summed E-state index contributed by atoms with van der Waals surface area (Å²) in [5, 5.41) is 0.821. The average Bonchev–Trinajstić information content (AvgIpc) is 3.63. The van der Waals surface area contributed by atoms with Gasteiger partial charge in [0.25, 0.3) is 0 Å². The average molecular weight is 623 g/mol. The standard InChI is InChI=1S/C32H37AsFN3O4/c1-32(2)36-26-13-12-23(16-22(26)17-27(36)31(40)41-32)37(30(39)21-10-8-20(9-11-21)25(33)18-34)15-14-24(28(37)29(35)38)19-6-4-3-5-7-19/h3-7,12-13,16-17,20-21,24-25,28H,8-11,14-15,18,33H2,1-2H3,(H-,35,38)/p+1/t20-,21-,24-,25-,28+,37?/m1/s1. The Morgan fingerprint density at radius 1 is 1.10 bits per heavy atom. The van der Waals surface area contributed by atoms with Crippen molar-refractivity contribution in [2.24, 2.45) is 17.6 Å². The molecule has 3 aliphatic rings. The third-order valence-corrected chi connectivity index (χ3v) is 11.3. The van der Waals surface area contributed by atoms with Gasteiger partial charge in [0.05, 0.1) is 0 Å². The molecule has 6 rings (SSSR count). The van der Waals surface area contributed by atoms with Crippen LogP contribution in [0.3, 0.4) is 0 Å². The van der Waals surface area contributed by atoms with Crippen LogP contribution in [0.1, 0.15) is 67.9 Å². The Morgan fingerprint density at radius 3 is 2.46 bits per heavy atom. The van der Waals surface area contributed by atoms with E-state index in [2.05, 4.69) is 0 Å². The molecular weight excluding hydrogens is 584 g/mol. The molecule has 0 radical (unpaired) electrons. The van der Waals surface area contributed by atoms with E-state index in [9.17, 15) is 18.8 Å². The molecule has 1 saturated heterocycles. The fourth-order valence-corrected chi connectivity index (χ4v) is 8.64. The summed E-state index contributed by atoms with van der Waals surface area (Å²) in [5.41, 5.74) is 8.41. The molecule has 2 aliphatic heterocycles. The number of primary amides is 1. The number of cyclic esters (lactones) is 1. The summed E-state index contributed by atoms with van der Waals surface area (Å²) in [6.45, 7) is 3.84. The van der Waals surface area contributed by atoms with Crippen molar-refractivity contribution in [3.05, 3.63) is 65.9 Å². The molecule has 2 aromatic carbocycles. The third-order valence-electron chi connectivity index (χ3n) is 9.80. The van der Waals surface area contributed by atoms with Gasteiger partial charge in [-0.15, -0.1) is 0 Å². The van der Waals surface area contributed by atoms with Gasteiger partial charge in [0, 0.05) is 0 Å². The van der Waals surface area contributed by atoms with Gasteiger partial charge in [0.2, 0.25) is 0 Å². The molecule has 1 aliphatic carbocycles. The molecule has 2 amide bonds. The van der Waals surface area contributed by atoms with Crippen molar-refractivity contribution in [1.29, 1.82) is 0 Å². The molecule has 2 N–H and O–H groups in total. The predicted octanol–water partition coefficient (Wildman–Crippen LogP) is 4.58. The molecule has 7 nitrogen and oxygen atoms in total. The number of carbonyl (C=O) groups excluding carboxylic acids is 3. The Hall–Kier alpha value is -2.96. The van der Waals surface area contributed by atoms with Crippen LogP contribution in [0.15, 0.2) is 54.6 Å². The van der Waals surface area contributed by atoms with Gasteiger partial charge in [-0.05, 0) is 13.8 Å². The molecule has 1 aromatic heterocycles. The van der Waals surface area contributed by atoms with Crippen molar-refractivity contribution in [2.45, 2.75) is 68.3 Å². The van der Waals surface area contributed by atoms with Crippen molar-refractivity contribution < 1.29 is 23.5 Å². The molecule has 9 heteroatoms. The maximum absolute atomic E-state index is 14.8. The second-order valence-electron chi connectivity index (χ2n) is 12.5. The number of amides is 2. The number of aromatic nitrogens is 1. The van der Waals surface area contributed by atoms with Gasteiger partial charge >= 0.3 is 214 Å². The molecule has 0 spiro atoms. The fraction of sp³-hybridized carbons (Fsp3) is 0.469. The summed E-state index contributed by atoms with van der Waals surface area (Å²) in [4.78, 5) is 40.8. The topological polar surface area (TPSA) is 91.4 Å². The number of alkyl halides is 1. The fourth-order valence-electron chi connectivity index (χ4n) is 7.83. The first kappa shape index (κ1) is 28.2. The quantitative estimate of drug-likeness (QED) is 0.248. The van der Waals surface area contributed by atoms with E-state index in [0.717, 1.165) is 35.0 Å². The molecule has 2 unspecified atom stereocenters. The molecule has 3 heterocycles. The zero-order chi connectivity index (χ0) is 29.1. The summed E-state index contributed by atoms with van der Waals surface area (Å²) < 4.78 is 20.8. The van der Waals surface area contributed by atoms with E-state index >= 15 is 0 Å². The van der Waals surface area contributed by atoms with Crippen molar-refractivity contribution in [1.82, 2.24) is 9.05 Å². The zero-order valence-electron chi connectivity index (χ0n) is 23.6. The molecule has 1 saturated carbocycles. The number of hydrogen-bond donors (Lipinski definition) is 1. The van der Waals surface area contributed by atoms with Crippen LogP contribution >= 0.6 is 0 Å². The van der Waals surface area contributed by atoms with E-state index in [-0.39, 0.29) is 39.6 Å². The molecule has 0 bridgehead atoms. The van der Waals surface area contributed by atoms with Crippen LogP contribution in [-0.4, -0.2) is 58.5 Å². The number of ether oxygens (including phenoxy) is 1. The molecule has 3 aromatic rings.